The molecule has 0 aliphatic rings. The number of hydrogen-bond donors (Lipinski definition) is 1. The number of methoxy groups -OCH3 is 1. The minimum absolute atomic E-state index is 0.686. The van der Waals surface area contributed by atoms with Crippen LogP contribution in [0.25, 0.3) is 0 Å². The van der Waals surface area contributed by atoms with Gasteiger partial charge in [-0.25, -0.2) is 0 Å². The molecule has 0 spiro atoms. The normalized spacial score (nSPS) is 10.8. The number of nitrogens with zero attached hydrogens (tertiary/aromatic N) is 1. The Bertz CT molecular complexity index is 852. The number of benzene rings is 3. The molecule has 0 unspecified atom stereocenters. The van der Waals surface area contributed by atoms with Crippen molar-refractivity contribution in [2.24, 2.45) is 5.73 Å². The number of ether oxygens (including phenoxy) is 2. The van der Waals surface area contributed by atoms with Crippen LogP contribution in [0.4, 0.5) is 0 Å². The third kappa shape index (κ3) is 6.12. The highest BCUT2D eigenvalue weighted by atomic mass is 16.5. The summed E-state index contributed by atoms with van der Waals surface area (Å²) in [6.07, 6.45) is 0.962. The number of nitrogens with two attached hydrogens (primary N) is 1. The Morgan fingerprint density at radius 2 is 1.36 bits per heavy atom. The predicted molar refractivity (Wildman–Crippen MR) is 114 cm³/mol. The third-order valence-corrected chi connectivity index (χ3v) is 4.50. The van der Waals surface area contributed by atoms with Gasteiger partial charge in [0.05, 0.1) is 7.11 Å². The van der Waals surface area contributed by atoms with Gasteiger partial charge in [0.2, 0.25) is 0 Å². The molecule has 3 rings (SSSR count). The van der Waals surface area contributed by atoms with Crippen molar-refractivity contribution in [3.63, 3.8) is 0 Å². The Hall–Kier alpha value is -2.82. The summed E-state index contributed by atoms with van der Waals surface area (Å²) in [5, 5.41) is 0. The van der Waals surface area contributed by atoms with Gasteiger partial charge in [-0.3, -0.25) is 4.90 Å². The second-order valence-corrected chi connectivity index (χ2v) is 6.77. The van der Waals surface area contributed by atoms with E-state index in [0.717, 1.165) is 43.3 Å². The van der Waals surface area contributed by atoms with Gasteiger partial charge in [-0.15, -0.1) is 0 Å². The summed E-state index contributed by atoms with van der Waals surface area (Å²) in [4.78, 5) is 2.41. The summed E-state index contributed by atoms with van der Waals surface area (Å²) >= 11 is 0. The van der Waals surface area contributed by atoms with Crippen molar-refractivity contribution in [2.75, 3.05) is 20.2 Å². The smallest absolute Gasteiger partial charge is 0.127 e. The lowest BCUT2D eigenvalue weighted by Crippen LogP contribution is -2.25. The van der Waals surface area contributed by atoms with Crippen LogP contribution >= 0.6 is 0 Å². The highest BCUT2D eigenvalue weighted by Crippen LogP contribution is 2.23. The maximum Gasteiger partial charge on any atom is 0.127 e. The molecule has 3 aromatic carbocycles. The first-order valence-corrected chi connectivity index (χ1v) is 9.64. The van der Waals surface area contributed by atoms with E-state index in [1.165, 1.54) is 11.1 Å². The van der Waals surface area contributed by atoms with E-state index in [-0.39, 0.29) is 0 Å². The Kier molecular flexibility index (Phi) is 7.47. The van der Waals surface area contributed by atoms with Crippen LogP contribution in [-0.2, 0) is 13.1 Å². The van der Waals surface area contributed by atoms with E-state index in [1.54, 1.807) is 7.11 Å². The molecule has 0 fully saturated rings. The SMILES string of the molecule is COc1cccc(CN(CCCN)Cc2cccc(Oc3ccccc3)c2)c1. The van der Waals surface area contributed by atoms with Gasteiger partial charge < -0.3 is 15.2 Å². The van der Waals surface area contributed by atoms with Crippen LogP contribution in [0, 0.1) is 0 Å². The fourth-order valence-corrected chi connectivity index (χ4v) is 3.15. The van der Waals surface area contributed by atoms with E-state index in [1.807, 2.05) is 54.6 Å². The molecule has 146 valence electrons. The molecule has 28 heavy (non-hydrogen) atoms. The van der Waals surface area contributed by atoms with Gasteiger partial charge >= 0.3 is 0 Å². The Morgan fingerprint density at radius 3 is 2.00 bits per heavy atom. The number of rotatable bonds is 10. The van der Waals surface area contributed by atoms with Gasteiger partial charge in [-0.05, 0) is 60.5 Å². The molecule has 0 bridgehead atoms. The molecule has 0 heterocycles. The van der Waals surface area contributed by atoms with E-state index in [0.29, 0.717) is 6.54 Å². The van der Waals surface area contributed by atoms with Crippen molar-refractivity contribution >= 4 is 0 Å². The van der Waals surface area contributed by atoms with Gasteiger partial charge in [0, 0.05) is 19.6 Å². The molecule has 0 aliphatic carbocycles. The Morgan fingerprint density at radius 1 is 0.750 bits per heavy atom. The summed E-state index contributed by atoms with van der Waals surface area (Å²) in [5.74, 6) is 2.58. The van der Waals surface area contributed by atoms with Crippen molar-refractivity contribution in [1.29, 1.82) is 0 Å². The largest absolute Gasteiger partial charge is 0.497 e. The standard InChI is InChI=1S/C24H28N2O2/c1-27-23-12-5-8-20(16-23)18-26(15-7-14-25)19-21-9-6-13-24(17-21)28-22-10-3-2-4-11-22/h2-6,8-13,16-17H,7,14-15,18-19,25H2,1H3. The zero-order valence-corrected chi connectivity index (χ0v) is 16.4. The summed E-state index contributed by atoms with van der Waals surface area (Å²) in [6.45, 7) is 3.31. The van der Waals surface area contributed by atoms with E-state index in [9.17, 15) is 0 Å². The first-order chi connectivity index (χ1) is 13.8. The van der Waals surface area contributed by atoms with E-state index in [2.05, 4.69) is 29.2 Å². The molecular weight excluding hydrogens is 348 g/mol. The zero-order chi connectivity index (χ0) is 19.6. The van der Waals surface area contributed by atoms with Gasteiger partial charge in [0.25, 0.3) is 0 Å². The summed E-state index contributed by atoms with van der Waals surface area (Å²) in [7, 11) is 1.70. The molecule has 0 atom stereocenters. The minimum atomic E-state index is 0.686. The van der Waals surface area contributed by atoms with E-state index in [4.69, 9.17) is 15.2 Å². The molecule has 0 saturated heterocycles. The van der Waals surface area contributed by atoms with Crippen molar-refractivity contribution in [2.45, 2.75) is 19.5 Å². The fourth-order valence-electron chi connectivity index (χ4n) is 3.15. The third-order valence-electron chi connectivity index (χ3n) is 4.50. The monoisotopic (exact) mass is 376 g/mol. The maximum absolute atomic E-state index is 5.98. The summed E-state index contributed by atoms with van der Waals surface area (Å²) in [5.41, 5.74) is 8.20. The average Bonchev–Trinajstić information content (AvgIpc) is 2.73. The number of para-hydroxylation sites is 1. The second-order valence-electron chi connectivity index (χ2n) is 6.77. The van der Waals surface area contributed by atoms with Gasteiger partial charge in [-0.1, -0.05) is 42.5 Å². The highest BCUT2D eigenvalue weighted by Gasteiger charge is 2.09. The van der Waals surface area contributed by atoms with Gasteiger partial charge in [-0.2, -0.15) is 0 Å². The van der Waals surface area contributed by atoms with Gasteiger partial charge in [0.1, 0.15) is 17.2 Å². The number of hydrogen-bond acceptors (Lipinski definition) is 4. The van der Waals surface area contributed by atoms with E-state index >= 15 is 0 Å². The highest BCUT2D eigenvalue weighted by molar-refractivity contribution is 5.34. The Labute approximate surface area is 167 Å². The average molecular weight is 377 g/mol. The quantitative estimate of drug-likeness (QED) is 0.550. The predicted octanol–water partition coefficient (Wildman–Crippen LogP) is 4.84. The zero-order valence-electron chi connectivity index (χ0n) is 16.4. The van der Waals surface area contributed by atoms with Crippen LogP contribution in [0.1, 0.15) is 17.5 Å². The van der Waals surface area contributed by atoms with Gasteiger partial charge in [0.15, 0.2) is 0 Å². The molecular formula is C24H28N2O2. The Balaban J connectivity index is 1.70. The molecule has 0 radical (unpaired) electrons. The van der Waals surface area contributed by atoms with Crippen LogP contribution < -0.4 is 15.2 Å². The van der Waals surface area contributed by atoms with Crippen molar-refractivity contribution in [3.8, 4) is 17.2 Å². The van der Waals surface area contributed by atoms with Crippen molar-refractivity contribution in [1.82, 2.24) is 4.90 Å². The molecule has 2 N–H and O–H groups in total. The van der Waals surface area contributed by atoms with Crippen LogP contribution in [0.3, 0.4) is 0 Å². The summed E-state index contributed by atoms with van der Waals surface area (Å²) < 4.78 is 11.3. The first kappa shape index (κ1) is 19.9. The van der Waals surface area contributed by atoms with Crippen LogP contribution in [-0.4, -0.2) is 25.1 Å². The lowest BCUT2D eigenvalue weighted by Gasteiger charge is -2.23. The second kappa shape index (κ2) is 10.5. The van der Waals surface area contributed by atoms with Crippen LogP contribution in [0.15, 0.2) is 78.9 Å². The van der Waals surface area contributed by atoms with Crippen LogP contribution in [0.2, 0.25) is 0 Å². The molecule has 0 aromatic heterocycles. The summed E-state index contributed by atoms with van der Waals surface area (Å²) in [6, 6.07) is 26.3. The lowest BCUT2D eigenvalue weighted by atomic mass is 10.1. The molecule has 4 heteroatoms. The lowest BCUT2D eigenvalue weighted by molar-refractivity contribution is 0.254. The molecule has 3 aromatic rings. The molecule has 0 saturated carbocycles. The minimum Gasteiger partial charge on any atom is -0.497 e. The van der Waals surface area contributed by atoms with Crippen LogP contribution in [0.5, 0.6) is 17.2 Å². The molecule has 0 amide bonds. The molecule has 4 nitrogen and oxygen atoms in total. The maximum atomic E-state index is 5.98. The fraction of sp³-hybridized carbons (Fsp3) is 0.250. The van der Waals surface area contributed by atoms with Crippen molar-refractivity contribution < 1.29 is 9.47 Å². The van der Waals surface area contributed by atoms with E-state index < -0.39 is 0 Å². The topological polar surface area (TPSA) is 47.7 Å². The molecule has 0 aliphatic heterocycles. The van der Waals surface area contributed by atoms with Crippen molar-refractivity contribution in [3.05, 3.63) is 90.0 Å². The first-order valence-electron chi connectivity index (χ1n) is 9.64.